The van der Waals surface area contributed by atoms with Gasteiger partial charge in [0.1, 0.15) is 22.3 Å². The van der Waals surface area contributed by atoms with Crippen molar-refractivity contribution < 1.29 is 8.83 Å². The molecule has 10 rings (SSSR count). The molecule has 51 heavy (non-hydrogen) atoms. The summed E-state index contributed by atoms with van der Waals surface area (Å²) < 4.78 is 12.7. The first-order valence-corrected chi connectivity index (χ1v) is 17.2. The molecule has 2 heterocycles. The van der Waals surface area contributed by atoms with Crippen molar-refractivity contribution in [2.75, 3.05) is 4.90 Å². The van der Waals surface area contributed by atoms with Crippen LogP contribution >= 0.6 is 0 Å². The number of rotatable bonds is 6. The summed E-state index contributed by atoms with van der Waals surface area (Å²) in [7, 11) is 0. The molecule has 0 aliphatic carbocycles. The molecule has 2 aromatic heterocycles. The van der Waals surface area contributed by atoms with E-state index in [1.54, 1.807) is 0 Å². The smallest absolute Gasteiger partial charge is 0.136 e. The Morgan fingerprint density at radius 1 is 0.255 bits per heavy atom. The van der Waals surface area contributed by atoms with Gasteiger partial charge in [-0.15, -0.1) is 0 Å². The summed E-state index contributed by atoms with van der Waals surface area (Å²) >= 11 is 0. The number of furan rings is 2. The molecular formula is C48H31NO2. The minimum absolute atomic E-state index is 0.875. The van der Waals surface area contributed by atoms with E-state index in [9.17, 15) is 0 Å². The molecule has 240 valence electrons. The zero-order valence-electron chi connectivity index (χ0n) is 27.7. The minimum atomic E-state index is 0.875. The van der Waals surface area contributed by atoms with E-state index < -0.39 is 0 Å². The average molecular weight is 654 g/mol. The first kappa shape index (κ1) is 29.1. The van der Waals surface area contributed by atoms with Gasteiger partial charge in [0, 0.05) is 38.6 Å². The number of anilines is 3. The highest BCUT2D eigenvalue weighted by molar-refractivity contribution is 6.07. The number of benzene rings is 8. The molecular weight excluding hydrogens is 623 g/mol. The van der Waals surface area contributed by atoms with Crippen LogP contribution in [0.3, 0.4) is 0 Å². The summed E-state index contributed by atoms with van der Waals surface area (Å²) in [5.41, 5.74) is 13.4. The number of para-hydroxylation sites is 3. The number of fused-ring (bicyclic) bond motifs is 6. The molecule has 8 aromatic carbocycles. The van der Waals surface area contributed by atoms with Gasteiger partial charge in [-0.25, -0.2) is 0 Å². The molecule has 0 unspecified atom stereocenters. The van der Waals surface area contributed by atoms with Crippen LogP contribution in [-0.4, -0.2) is 0 Å². The van der Waals surface area contributed by atoms with Gasteiger partial charge in [-0.3, -0.25) is 0 Å². The van der Waals surface area contributed by atoms with E-state index in [1.807, 2.05) is 24.3 Å². The number of hydrogen-bond acceptors (Lipinski definition) is 3. The van der Waals surface area contributed by atoms with Gasteiger partial charge in [-0.2, -0.15) is 0 Å². The quantitative estimate of drug-likeness (QED) is 0.179. The molecule has 0 amide bonds. The second kappa shape index (κ2) is 11.9. The van der Waals surface area contributed by atoms with Crippen molar-refractivity contribution in [1.82, 2.24) is 0 Å². The number of hydrogen-bond donors (Lipinski definition) is 0. The molecule has 0 spiro atoms. The van der Waals surface area contributed by atoms with Crippen molar-refractivity contribution in [3.05, 3.63) is 188 Å². The van der Waals surface area contributed by atoms with Crippen molar-refractivity contribution in [2.45, 2.75) is 0 Å². The van der Waals surface area contributed by atoms with Crippen LogP contribution in [0.25, 0.3) is 77.3 Å². The van der Waals surface area contributed by atoms with E-state index in [1.165, 1.54) is 5.56 Å². The normalized spacial score (nSPS) is 11.5. The molecule has 3 heteroatoms. The van der Waals surface area contributed by atoms with E-state index in [4.69, 9.17) is 8.83 Å². The summed E-state index contributed by atoms with van der Waals surface area (Å²) in [4.78, 5) is 2.35. The predicted octanol–water partition coefficient (Wildman–Crippen LogP) is 14.0. The third-order valence-electron chi connectivity index (χ3n) is 9.83. The topological polar surface area (TPSA) is 29.5 Å². The van der Waals surface area contributed by atoms with Crippen LogP contribution in [0, 0.1) is 0 Å². The van der Waals surface area contributed by atoms with Crippen LogP contribution in [0.1, 0.15) is 0 Å². The fraction of sp³-hybridized carbons (Fsp3) is 0. The zero-order valence-corrected chi connectivity index (χ0v) is 27.7. The first-order chi connectivity index (χ1) is 25.2. The minimum Gasteiger partial charge on any atom is -0.456 e. The highest BCUT2D eigenvalue weighted by Crippen LogP contribution is 2.42. The molecule has 3 nitrogen and oxygen atoms in total. The van der Waals surface area contributed by atoms with E-state index >= 15 is 0 Å². The second-order valence-corrected chi connectivity index (χ2v) is 13.0. The Kier molecular flexibility index (Phi) is 6.81. The van der Waals surface area contributed by atoms with E-state index in [0.717, 1.165) is 88.8 Å². The fourth-order valence-electron chi connectivity index (χ4n) is 7.36. The van der Waals surface area contributed by atoms with Gasteiger partial charge in [0.15, 0.2) is 0 Å². The van der Waals surface area contributed by atoms with Gasteiger partial charge in [0.2, 0.25) is 0 Å². The summed E-state index contributed by atoms with van der Waals surface area (Å²) in [5.74, 6) is 0. The standard InChI is InChI=1S/C48H31NO2/c1-3-12-32(13-4-1)33-14-11-17-39(27-33)49(38-15-5-2-6-16-38)40-28-36(34-22-24-43-41-18-7-9-20-45(41)50-47(43)30-34)26-37(29-40)35-23-25-44-42-19-8-10-21-46(42)51-48(44)31-35/h1-31H. The van der Waals surface area contributed by atoms with Crippen molar-refractivity contribution in [3.8, 4) is 33.4 Å². The maximum Gasteiger partial charge on any atom is 0.136 e. The largest absolute Gasteiger partial charge is 0.456 e. The molecule has 0 radical (unpaired) electrons. The van der Waals surface area contributed by atoms with E-state index in [2.05, 4.69) is 169 Å². The Morgan fingerprint density at radius 3 is 1.31 bits per heavy atom. The maximum absolute atomic E-state index is 6.36. The lowest BCUT2D eigenvalue weighted by atomic mass is 9.96. The van der Waals surface area contributed by atoms with Crippen LogP contribution < -0.4 is 4.90 Å². The molecule has 0 bridgehead atoms. The molecule has 0 saturated carbocycles. The van der Waals surface area contributed by atoms with Crippen LogP contribution in [0.5, 0.6) is 0 Å². The van der Waals surface area contributed by atoms with Gasteiger partial charge in [0.05, 0.1) is 0 Å². The first-order valence-electron chi connectivity index (χ1n) is 17.2. The highest BCUT2D eigenvalue weighted by atomic mass is 16.3. The third kappa shape index (κ3) is 5.15. The SMILES string of the molecule is c1ccc(-c2cccc(N(c3ccccc3)c3cc(-c4ccc5c(c4)oc4ccccc45)cc(-c4ccc5c(c4)oc4ccccc45)c3)c2)cc1. The Bertz CT molecular complexity index is 2730. The van der Waals surface area contributed by atoms with Crippen molar-refractivity contribution in [2.24, 2.45) is 0 Å². The van der Waals surface area contributed by atoms with Crippen LogP contribution in [0.4, 0.5) is 17.1 Å². The maximum atomic E-state index is 6.36. The summed E-state index contributed by atoms with van der Waals surface area (Å²) in [6.07, 6.45) is 0. The predicted molar refractivity (Wildman–Crippen MR) is 212 cm³/mol. The van der Waals surface area contributed by atoms with Crippen molar-refractivity contribution >= 4 is 60.9 Å². The summed E-state index contributed by atoms with van der Waals surface area (Å²) in [6.45, 7) is 0. The zero-order chi connectivity index (χ0) is 33.7. The molecule has 10 aromatic rings. The van der Waals surface area contributed by atoms with Crippen molar-refractivity contribution in [1.29, 1.82) is 0 Å². The van der Waals surface area contributed by atoms with Crippen LogP contribution in [0.15, 0.2) is 197 Å². The number of nitrogens with zero attached hydrogens (tertiary/aromatic N) is 1. The molecule has 0 fully saturated rings. The molecule has 0 aliphatic heterocycles. The molecule has 0 saturated heterocycles. The molecule has 0 N–H and O–H groups in total. The van der Waals surface area contributed by atoms with Gasteiger partial charge in [-0.05, 0) is 112 Å². The average Bonchev–Trinajstić information content (AvgIpc) is 3.76. The Balaban J connectivity index is 1.19. The molecule has 0 atom stereocenters. The van der Waals surface area contributed by atoms with Crippen molar-refractivity contribution in [3.63, 3.8) is 0 Å². The van der Waals surface area contributed by atoms with Crippen LogP contribution in [0.2, 0.25) is 0 Å². The highest BCUT2D eigenvalue weighted by Gasteiger charge is 2.18. The summed E-state index contributed by atoms with van der Waals surface area (Å²) in [5, 5.41) is 4.48. The Morgan fingerprint density at radius 2 is 0.706 bits per heavy atom. The fourth-order valence-corrected chi connectivity index (χ4v) is 7.36. The molecule has 0 aliphatic rings. The van der Waals surface area contributed by atoms with E-state index in [-0.39, 0.29) is 0 Å². The third-order valence-corrected chi connectivity index (χ3v) is 9.83. The lowest BCUT2D eigenvalue weighted by molar-refractivity contribution is 0.668. The summed E-state index contributed by atoms with van der Waals surface area (Å²) in [6, 6.07) is 66.4. The van der Waals surface area contributed by atoms with Gasteiger partial charge in [-0.1, -0.05) is 109 Å². The second-order valence-electron chi connectivity index (χ2n) is 13.0. The Hall–Kier alpha value is -6.84. The van der Waals surface area contributed by atoms with E-state index in [0.29, 0.717) is 0 Å². The lowest BCUT2D eigenvalue weighted by Crippen LogP contribution is -2.10. The lowest BCUT2D eigenvalue weighted by Gasteiger charge is -2.27. The van der Waals surface area contributed by atoms with Gasteiger partial charge in [0.25, 0.3) is 0 Å². The van der Waals surface area contributed by atoms with Gasteiger partial charge < -0.3 is 13.7 Å². The van der Waals surface area contributed by atoms with Gasteiger partial charge >= 0.3 is 0 Å². The Labute approximate surface area is 295 Å². The monoisotopic (exact) mass is 653 g/mol. The van der Waals surface area contributed by atoms with Crippen LogP contribution in [-0.2, 0) is 0 Å².